The molecule has 2 aromatic rings. The molecule has 3 heterocycles. The summed E-state index contributed by atoms with van der Waals surface area (Å²) in [5.41, 5.74) is 6.85. The number of fused-ring (bicyclic) bond motifs is 1. The molecule has 7 nitrogen and oxygen atoms in total. The normalized spacial score (nSPS) is 16.3. The first kappa shape index (κ1) is 12.7. The summed E-state index contributed by atoms with van der Waals surface area (Å²) in [6.45, 7) is 1.88. The van der Waals surface area contributed by atoms with Crippen LogP contribution in [0.5, 0.6) is 0 Å². The summed E-state index contributed by atoms with van der Waals surface area (Å²) < 4.78 is 1.46. The van der Waals surface area contributed by atoms with Crippen molar-refractivity contribution >= 4 is 23.3 Å². The molecule has 1 aliphatic rings. The Balaban J connectivity index is 2.08. The average molecular weight is 275 g/mol. The fraction of sp³-hybridized carbons (Fsp3) is 0.462. The predicted molar refractivity (Wildman–Crippen MR) is 75.0 cm³/mol. The maximum Gasteiger partial charge on any atom is 0.339 e. The molecule has 20 heavy (non-hydrogen) atoms. The fourth-order valence-corrected chi connectivity index (χ4v) is 2.65. The Morgan fingerprint density at radius 2 is 1.95 bits per heavy atom. The van der Waals surface area contributed by atoms with Crippen molar-refractivity contribution in [3.05, 3.63) is 17.8 Å². The van der Waals surface area contributed by atoms with E-state index in [0.29, 0.717) is 0 Å². The molecule has 0 radical (unpaired) electrons. The zero-order valence-electron chi connectivity index (χ0n) is 11.1. The van der Waals surface area contributed by atoms with E-state index < -0.39 is 5.97 Å². The molecule has 0 saturated carbocycles. The second-order valence-electron chi connectivity index (χ2n) is 5.06. The van der Waals surface area contributed by atoms with Crippen LogP contribution in [-0.4, -0.2) is 38.8 Å². The number of aromatic nitrogens is 3. The van der Waals surface area contributed by atoms with E-state index in [1.54, 1.807) is 12.3 Å². The molecule has 0 aliphatic carbocycles. The lowest BCUT2D eigenvalue weighted by atomic mass is 10.2. The lowest BCUT2D eigenvalue weighted by Gasteiger charge is -2.22. The zero-order valence-corrected chi connectivity index (χ0v) is 11.1. The van der Waals surface area contributed by atoms with Crippen LogP contribution in [0.15, 0.2) is 12.3 Å². The molecule has 0 unspecified atom stereocenters. The zero-order chi connectivity index (χ0) is 14.1. The highest BCUT2D eigenvalue weighted by atomic mass is 16.4. The molecule has 3 rings (SSSR count). The largest absolute Gasteiger partial charge is 0.478 e. The number of hydrogen-bond donors (Lipinski definition) is 2. The van der Waals surface area contributed by atoms with E-state index >= 15 is 0 Å². The lowest BCUT2D eigenvalue weighted by Crippen LogP contribution is -2.24. The maximum absolute atomic E-state index is 11.4. The summed E-state index contributed by atoms with van der Waals surface area (Å²) in [5, 5.41) is 13.4. The number of anilines is 2. The van der Waals surface area contributed by atoms with Crippen LogP contribution in [0.25, 0.3) is 5.65 Å². The number of carbonyl (C=O) groups is 1. The number of rotatable bonds is 2. The Labute approximate surface area is 116 Å². The number of aromatic carboxylic acids is 1. The summed E-state index contributed by atoms with van der Waals surface area (Å²) in [6, 6.07) is 1.66. The monoisotopic (exact) mass is 275 g/mol. The number of carboxylic acids is 1. The van der Waals surface area contributed by atoms with E-state index in [2.05, 4.69) is 15.0 Å². The van der Waals surface area contributed by atoms with Gasteiger partial charge in [0.1, 0.15) is 5.56 Å². The van der Waals surface area contributed by atoms with E-state index in [1.165, 1.54) is 17.4 Å². The number of nitrogens with zero attached hydrogens (tertiary/aromatic N) is 4. The van der Waals surface area contributed by atoms with Crippen molar-refractivity contribution in [1.82, 2.24) is 14.6 Å². The maximum atomic E-state index is 11.4. The molecule has 0 atom stereocenters. The van der Waals surface area contributed by atoms with Crippen molar-refractivity contribution < 1.29 is 9.90 Å². The highest BCUT2D eigenvalue weighted by molar-refractivity contribution is 5.95. The van der Waals surface area contributed by atoms with Gasteiger partial charge in [0, 0.05) is 13.1 Å². The second kappa shape index (κ2) is 4.99. The molecule has 2 aromatic heterocycles. The molecule has 1 saturated heterocycles. The van der Waals surface area contributed by atoms with Crippen LogP contribution >= 0.6 is 0 Å². The van der Waals surface area contributed by atoms with Crippen molar-refractivity contribution in [1.29, 1.82) is 0 Å². The van der Waals surface area contributed by atoms with E-state index in [9.17, 15) is 9.90 Å². The first-order chi connectivity index (χ1) is 9.65. The van der Waals surface area contributed by atoms with Gasteiger partial charge >= 0.3 is 5.97 Å². The average Bonchev–Trinajstić information content (AvgIpc) is 2.63. The Morgan fingerprint density at radius 1 is 1.25 bits per heavy atom. The third kappa shape index (κ3) is 2.26. The van der Waals surface area contributed by atoms with Gasteiger partial charge in [-0.15, -0.1) is 5.10 Å². The summed E-state index contributed by atoms with van der Waals surface area (Å²) in [6.07, 6.45) is 6.50. The van der Waals surface area contributed by atoms with Crippen molar-refractivity contribution in [3.63, 3.8) is 0 Å². The standard InChI is InChI=1S/C13H17N5O2/c14-13-15-11-10(12(19)20)7-9(8-18(11)16-13)17-5-3-1-2-4-6-17/h7-8H,1-6H2,(H2,14,16)(H,19,20). The number of nitrogens with two attached hydrogens (primary N) is 1. The van der Waals surface area contributed by atoms with Gasteiger partial charge in [-0.3, -0.25) is 0 Å². The van der Waals surface area contributed by atoms with Crippen molar-refractivity contribution in [3.8, 4) is 0 Å². The van der Waals surface area contributed by atoms with Crippen LogP contribution in [0, 0.1) is 0 Å². The van der Waals surface area contributed by atoms with Gasteiger partial charge in [-0.25, -0.2) is 9.31 Å². The van der Waals surface area contributed by atoms with E-state index in [-0.39, 0.29) is 17.2 Å². The smallest absolute Gasteiger partial charge is 0.339 e. The first-order valence-corrected chi connectivity index (χ1v) is 6.79. The van der Waals surface area contributed by atoms with Crippen LogP contribution in [-0.2, 0) is 0 Å². The predicted octanol–water partition coefficient (Wildman–Crippen LogP) is 1.39. The Hall–Kier alpha value is -2.31. The van der Waals surface area contributed by atoms with Gasteiger partial charge in [-0.1, -0.05) is 12.8 Å². The number of carboxylic acid groups (broad SMARTS) is 1. The van der Waals surface area contributed by atoms with Crippen molar-refractivity contribution in [2.24, 2.45) is 0 Å². The van der Waals surface area contributed by atoms with Gasteiger partial charge in [-0.05, 0) is 18.9 Å². The van der Waals surface area contributed by atoms with Crippen LogP contribution in [0.3, 0.4) is 0 Å². The third-order valence-electron chi connectivity index (χ3n) is 3.64. The Bertz CT molecular complexity index is 643. The van der Waals surface area contributed by atoms with E-state index in [1.807, 2.05) is 0 Å². The summed E-state index contributed by atoms with van der Waals surface area (Å²) >= 11 is 0. The van der Waals surface area contributed by atoms with Gasteiger partial charge in [0.2, 0.25) is 5.95 Å². The minimum Gasteiger partial charge on any atom is -0.478 e. The topological polar surface area (TPSA) is 96.7 Å². The Morgan fingerprint density at radius 3 is 2.60 bits per heavy atom. The quantitative estimate of drug-likeness (QED) is 0.859. The molecule has 0 amide bonds. The molecule has 106 valence electrons. The summed E-state index contributed by atoms with van der Waals surface area (Å²) in [7, 11) is 0. The highest BCUT2D eigenvalue weighted by Crippen LogP contribution is 2.23. The van der Waals surface area contributed by atoms with E-state index in [0.717, 1.165) is 31.6 Å². The number of nitrogen functional groups attached to an aromatic ring is 1. The lowest BCUT2D eigenvalue weighted by molar-refractivity contribution is 0.0698. The third-order valence-corrected chi connectivity index (χ3v) is 3.64. The minimum absolute atomic E-state index is 0.0838. The molecule has 0 aromatic carbocycles. The molecule has 1 aliphatic heterocycles. The van der Waals surface area contributed by atoms with Crippen LogP contribution in [0.4, 0.5) is 11.6 Å². The molecule has 0 spiro atoms. The van der Waals surface area contributed by atoms with Gasteiger partial charge in [0.15, 0.2) is 5.65 Å². The van der Waals surface area contributed by atoms with Crippen LogP contribution in [0.2, 0.25) is 0 Å². The fourth-order valence-electron chi connectivity index (χ4n) is 2.65. The molecule has 7 heteroatoms. The van der Waals surface area contributed by atoms with Crippen LogP contribution in [0.1, 0.15) is 36.0 Å². The van der Waals surface area contributed by atoms with Gasteiger partial charge < -0.3 is 15.7 Å². The number of pyridine rings is 1. The van der Waals surface area contributed by atoms with Crippen molar-refractivity contribution in [2.45, 2.75) is 25.7 Å². The molecular formula is C13H17N5O2. The van der Waals surface area contributed by atoms with Gasteiger partial charge in [0.25, 0.3) is 0 Å². The molecular weight excluding hydrogens is 258 g/mol. The highest BCUT2D eigenvalue weighted by Gasteiger charge is 2.18. The number of hydrogen-bond acceptors (Lipinski definition) is 5. The second-order valence-corrected chi connectivity index (χ2v) is 5.06. The summed E-state index contributed by atoms with van der Waals surface area (Å²) in [4.78, 5) is 17.6. The Kier molecular flexibility index (Phi) is 3.17. The molecule has 0 bridgehead atoms. The SMILES string of the molecule is Nc1nc2c(C(=O)O)cc(N3CCCCCC3)cn2n1. The van der Waals surface area contributed by atoms with Gasteiger partial charge in [0.05, 0.1) is 11.9 Å². The van der Waals surface area contributed by atoms with Crippen molar-refractivity contribution in [2.75, 3.05) is 23.7 Å². The first-order valence-electron chi connectivity index (χ1n) is 6.79. The van der Waals surface area contributed by atoms with Crippen LogP contribution < -0.4 is 10.6 Å². The van der Waals surface area contributed by atoms with Gasteiger partial charge in [-0.2, -0.15) is 4.98 Å². The summed E-state index contributed by atoms with van der Waals surface area (Å²) in [5.74, 6) is -0.931. The van der Waals surface area contributed by atoms with E-state index in [4.69, 9.17) is 5.73 Å². The molecule has 3 N–H and O–H groups in total. The minimum atomic E-state index is -1.01. The molecule has 1 fully saturated rings.